The van der Waals surface area contributed by atoms with Crippen LogP contribution in [0.25, 0.3) is 0 Å². The van der Waals surface area contributed by atoms with Gasteiger partial charge in [-0.1, -0.05) is 0 Å². The first-order chi connectivity index (χ1) is 5.93. The lowest BCUT2D eigenvalue weighted by atomic mass is 10.1. The summed E-state index contributed by atoms with van der Waals surface area (Å²) in [4.78, 5) is 19.3. The Kier molecular flexibility index (Phi) is 10.3. The topological polar surface area (TPSA) is 94.8 Å². The molecular formula is C8H16O5. The molecule has 0 atom stereocenters. The summed E-state index contributed by atoms with van der Waals surface area (Å²) < 4.78 is 0. The van der Waals surface area contributed by atoms with Crippen LogP contribution in [0.1, 0.15) is 20.3 Å². The van der Waals surface area contributed by atoms with Crippen molar-refractivity contribution in [3.05, 3.63) is 0 Å². The summed E-state index contributed by atoms with van der Waals surface area (Å²) in [6.07, 6.45) is -0.174. The van der Waals surface area contributed by atoms with Gasteiger partial charge in [-0.15, -0.1) is 0 Å². The number of carbonyl (C=O) groups is 2. The van der Waals surface area contributed by atoms with Gasteiger partial charge in [0.1, 0.15) is 5.78 Å². The smallest absolute Gasteiger partial charge is 0.303 e. The molecule has 0 amide bonds. The summed E-state index contributed by atoms with van der Waals surface area (Å²) in [6.45, 7) is 2.51. The molecule has 0 saturated heterocycles. The Hall–Kier alpha value is -0.940. The van der Waals surface area contributed by atoms with E-state index in [1.165, 1.54) is 13.8 Å². The minimum atomic E-state index is -0.997. The largest absolute Gasteiger partial charge is 0.481 e. The highest BCUT2D eigenvalue weighted by Crippen LogP contribution is 1.98. The fourth-order valence-corrected chi connectivity index (χ4v) is 0.434. The van der Waals surface area contributed by atoms with Crippen LogP contribution in [0.3, 0.4) is 0 Å². The average molecular weight is 192 g/mol. The van der Waals surface area contributed by atoms with E-state index in [1.807, 2.05) is 0 Å². The van der Waals surface area contributed by atoms with Crippen molar-refractivity contribution in [3.8, 4) is 0 Å². The normalized spacial score (nSPS) is 9.00. The number of aliphatic carboxylic acids is 1. The van der Waals surface area contributed by atoms with Crippen molar-refractivity contribution in [2.45, 2.75) is 20.3 Å². The van der Waals surface area contributed by atoms with Crippen molar-refractivity contribution >= 4 is 11.8 Å². The fourth-order valence-electron chi connectivity index (χ4n) is 0.434. The number of carboxylic acid groups (broad SMARTS) is 1. The molecule has 0 heterocycles. The molecule has 0 aliphatic heterocycles. The second-order valence-corrected chi connectivity index (χ2v) is 2.74. The number of carboxylic acids is 1. The monoisotopic (exact) mass is 192 g/mol. The lowest BCUT2D eigenvalue weighted by Gasteiger charge is -2.04. The van der Waals surface area contributed by atoms with Gasteiger partial charge in [0.2, 0.25) is 0 Å². The zero-order chi connectivity index (χ0) is 10.9. The third kappa shape index (κ3) is 18.2. The van der Waals surface area contributed by atoms with Gasteiger partial charge in [-0.05, 0) is 13.8 Å². The Morgan fingerprint density at radius 3 is 1.54 bits per heavy atom. The summed E-state index contributed by atoms with van der Waals surface area (Å²) in [5.41, 5.74) is 0. The Morgan fingerprint density at radius 1 is 1.15 bits per heavy atom. The van der Waals surface area contributed by atoms with Gasteiger partial charge >= 0.3 is 5.97 Å². The highest BCUT2D eigenvalue weighted by molar-refractivity contribution is 5.72. The van der Waals surface area contributed by atoms with Crippen LogP contribution in [-0.2, 0) is 9.59 Å². The molecular weight excluding hydrogens is 176 g/mol. The van der Waals surface area contributed by atoms with E-state index in [-0.39, 0.29) is 25.4 Å². The first kappa shape index (κ1) is 14.6. The Bertz CT molecular complexity index is 147. The number of aliphatic hydroxyl groups excluding tert-OH is 2. The van der Waals surface area contributed by atoms with Crippen molar-refractivity contribution < 1.29 is 24.9 Å². The quantitative estimate of drug-likeness (QED) is 0.566. The lowest BCUT2D eigenvalue weighted by molar-refractivity contribution is -0.138. The number of ketones is 1. The molecule has 0 saturated carbocycles. The number of rotatable bonds is 4. The van der Waals surface area contributed by atoms with Crippen LogP contribution in [-0.4, -0.2) is 40.3 Å². The maximum atomic E-state index is 9.91. The molecule has 0 aromatic rings. The minimum absolute atomic E-state index is 0.167. The third-order valence-corrected chi connectivity index (χ3v) is 0.980. The zero-order valence-corrected chi connectivity index (χ0v) is 7.86. The van der Waals surface area contributed by atoms with Crippen LogP contribution in [0.4, 0.5) is 0 Å². The highest BCUT2D eigenvalue weighted by atomic mass is 16.4. The molecule has 0 aromatic carbocycles. The molecule has 0 aromatic heterocycles. The first-order valence-electron chi connectivity index (χ1n) is 3.84. The van der Waals surface area contributed by atoms with Gasteiger partial charge in [-0.25, -0.2) is 0 Å². The SMILES string of the molecule is CC(C)=O.O=C(O)CC(CO)CO. The van der Waals surface area contributed by atoms with E-state index in [0.717, 1.165) is 0 Å². The molecule has 0 aliphatic carbocycles. The van der Waals surface area contributed by atoms with Crippen LogP contribution in [0.5, 0.6) is 0 Å². The zero-order valence-electron chi connectivity index (χ0n) is 7.86. The van der Waals surface area contributed by atoms with Gasteiger partial charge < -0.3 is 20.1 Å². The molecule has 78 valence electrons. The minimum Gasteiger partial charge on any atom is -0.481 e. The number of hydrogen-bond acceptors (Lipinski definition) is 4. The summed E-state index contributed by atoms with van der Waals surface area (Å²) in [7, 11) is 0. The van der Waals surface area contributed by atoms with Gasteiger partial charge in [0, 0.05) is 19.1 Å². The van der Waals surface area contributed by atoms with Crippen LogP contribution in [0.2, 0.25) is 0 Å². The molecule has 0 bridgehead atoms. The van der Waals surface area contributed by atoms with Gasteiger partial charge in [0.15, 0.2) is 0 Å². The van der Waals surface area contributed by atoms with Gasteiger partial charge in [0.05, 0.1) is 6.42 Å². The van der Waals surface area contributed by atoms with E-state index in [9.17, 15) is 9.59 Å². The van der Waals surface area contributed by atoms with Crippen molar-refractivity contribution in [3.63, 3.8) is 0 Å². The molecule has 5 nitrogen and oxygen atoms in total. The molecule has 0 spiro atoms. The maximum absolute atomic E-state index is 9.91. The van der Waals surface area contributed by atoms with E-state index in [1.54, 1.807) is 0 Å². The second-order valence-electron chi connectivity index (χ2n) is 2.74. The summed E-state index contributed by atoms with van der Waals surface area (Å²) >= 11 is 0. The van der Waals surface area contributed by atoms with E-state index >= 15 is 0 Å². The molecule has 3 N–H and O–H groups in total. The number of hydrogen-bond donors (Lipinski definition) is 3. The standard InChI is InChI=1S/C5H10O4.C3H6O/c6-2-4(3-7)1-5(8)9;1-3(2)4/h4,6-7H,1-3H2,(H,8,9);1-2H3. The molecule has 0 unspecified atom stereocenters. The molecule has 13 heavy (non-hydrogen) atoms. The number of carbonyl (C=O) groups excluding carboxylic acids is 1. The predicted octanol–water partition coefficient (Wildman–Crippen LogP) is -0.343. The maximum Gasteiger partial charge on any atom is 0.303 e. The first-order valence-corrected chi connectivity index (χ1v) is 3.84. The van der Waals surface area contributed by atoms with Crippen molar-refractivity contribution in [1.29, 1.82) is 0 Å². The average Bonchev–Trinajstić information content (AvgIpc) is 1.98. The van der Waals surface area contributed by atoms with E-state index in [2.05, 4.69) is 0 Å². The molecule has 0 radical (unpaired) electrons. The van der Waals surface area contributed by atoms with Gasteiger partial charge in [0.25, 0.3) is 0 Å². The van der Waals surface area contributed by atoms with Gasteiger partial charge in [-0.3, -0.25) is 4.79 Å². The number of Topliss-reactive ketones (excluding diaryl/α,β-unsaturated/α-hetero) is 1. The van der Waals surface area contributed by atoms with Crippen LogP contribution in [0, 0.1) is 5.92 Å². The van der Waals surface area contributed by atoms with Crippen molar-refractivity contribution in [1.82, 2.24) is 0 Å². The summed E-state index contributed by atoms with van der Waals surface area (Å²) in [6, 6.07) is 0. The Labute approximate surface area is 77.0 Å². The Balaban J connectivity index is 0. The van der Waals surface area contributed by atoms with Crippen molar-refractivity contribution in [2.75, 3.05) is 13.2 Å². The van der Waals surface area contributed by atoms with E-state index in [0.29, 0.717) is 0 Å². The van der Waals surface area contributed by atoms with E-state index < -0.39 is 11.9 Å². The molecule has 0 rings (SSSR count). The summed E-state index contributed by atoms with van der Waals surface area (Å²) in [5, 5.41) is 24.8. The third-order valence-electron chi connectivity index (χ3n) is 0.980. The number of aliphatic hydroxyl groups is 2. The molecule has 0 fully saturated rings. The fraction of sp³-hybridized carbons (Fsp3) is 0.750. The van der Waals surface area contributed by atoms with Crippen LogP contribution < -0.4 is 0 Å². The lowest BCUT2D eigenvalue weighted by Crippen LogP contribution is -2.15. The predicted molar refractivity (Wildman–Crippen MR) is 46.3 cm³/mol. The van der Waals surface area contributed by atoms with Crippen molar-refractivity contribution in [2.24, 2.45) is 5.92 Å². The van der Waals surface area contributed by atoms with E-state index in [4.69, 9.17) is 15.3 Å². The second kappa shape index (κ2) is 9.15. The highest BCUT2D eigenvalue weighted by Gasteiger charge is 2.09. The molecule has 5 heteroatoms. The molecule has 0 aliphatic rings. The van der Waals surface area contributed by atoms with Gasteiger partial charge in [-0.2, -0.15) is 0 Å². The Morgan fingerprint density at radius 2 is 1.46 bits per heavy atom. The van der Waals surface area contributed by atoms with Crippen LogP contribution in [0.15, 0.2) is 0 Å². The van der Waals surface area contributed by atoms with Crippen LogP contribution >= 0.6 is 0 Å². The summed E-state index contributed by atoms with van der Waals surface area (Å²) in [5.74, 6) is -1.34.